The minimum Gasteiger partial charge on any atom is -0.396 e. The maximum Gasteiger partial charge on any atom is 0.146 e. The topological polar surface area (TPSA) is 23.5 Å². The van der Waals surface area contributed by atoms with Crippen LogP contribution in [0.5, 0.6) is 0 Å². The molecule has 1 aliphatic heterocycles. The van der Waals surface area contributed by atoms with E-state index in [1.54, 1.807) is 12.1 Å². The van der Waals surface area contributed by atoms with Gasteiger partial charge in [-0.3, -0.25) is 0 Å². The standard InChI is InChI=1S/C11H14FNO/c12-10-3-1-2-4-11(10)13-6-5-9(7-13)8-14/h1-4,9,14H,5-8H2/t9-/m1/s1. The van der Waals surface area contributed by atoms with Gasteiger partial charge in [-0.15, -0.1) is 0 Å². The fourth-order valence-electron chi connectivity index (χ4n) is 1.91. The third-order valence-electron chi connectivity index (χ3n) is 2.74. The van der Waals surface area contributed by atoms with Gasteiger partial charge in [0.25, 0.3) is 0 Å². The average molecular weight is 195 g/mol. The highest BCUT2D eigenvalue weighted by Gasteiger charge is 2.23. The molecule has 0 amide bonds. The summed E-state index contributed by atoms with van der Waals surface area (Å²) in [6.45, 7) is 1.80. The molecule has 1 saturated heterocycles. The number of benzene rings is 1. The SMILES string of the molecule is OC[C@@H]1CCN(c2ccccc2F)C1. The van der Waals surface area contributed by atoms with E-state index in [2.05, 4.69) is 0 Å². The molecule has 0 radical (unpaired) electrons. The first-order chi connectivity index (χ1) is 6.81. The molecule has 0 aliphatic carbocycles. The maximum absolute atomic E-state index is 13.4. The van der Waals surface area contributed by atoms with Crippen molar-refractivity contribution in [3.63, 3.8) is 0 Å². The Morgan fingerprint density at radius 3 is 2.86 bits per heavy atom. The predicted octanol–water partition coefficient (Wildman–Crippen LogP) is 1.64. The Morgan fingerprint density at radius 2 is 2.21 bits per heavy atom. The molecule has 1 heterocycles. The second kappa shape index (κ2) is 3.96. The van der Waals surface area contributed by atoms with E-state index in [1.807, 2.05) is 11.0 Å². The summed E-state index contributed by atoms with van der Waals surface area (Å²) in [4.78, 5) is 2.00. The Kier molecular flexibility index (Phi) is 2.68. The smallest absolute Gasteiger partial charge is 0.146 e. The summed E-state index contributed by atoms with van der Waals surface area (Å²) < 4.78 is 13.4. The summed E-state index contributed by atoms with van der Waals surface area (Å²) in [5, 5.41) is 8.98. The maximum atomic E-state index is 13.4. The quantitative estimate of drug-likeness (QED) is 0.775. The number of hydrogen-bond donors (Lipinski definition) is 1. The van der Waals surface area contributed by atoms with Crippen molar-refractivity contribution in [2.75, 3.05) is 24.6 Å². The Bertz CT molecular complexity index is 316. The highest BCUT2D eigenvalue weighted by atomic mass is 19.1. The zero-order chi connectivity index (χ0) is 9.97. The van der Waals surface area contributed by atoms with Crippen LogP contribution in [0.3, 0.4) is 0 Å². The molecular formula is C11H14FNO. The van der Waals surface area contributed by atoms with E-state index in [4.69, 9.17) is 5.11 Å². The van der Waals surface area contributed by atoms with Gasteiger partial charge in [0.1, 0.15) is 5.82 Å². The van der Waals surface area contributed by atoms with Crippen LogP contribution in [0.2, 0.25) is 0 Å². The highest BCUT2D eigenvalue weighted by molar-refractivity contribution is 5.48. The second-order valence-electron chi connectivity index (χ2n) is 3.73. The van der Waals surface area contributed by atoms with Crippen molar-refractivity contribution in [3.05, 3.63) is 30.1 Å². The Hall–Kier alpha value is -1.09. The van der Waals surface area contributed by atoms with Crippen LogP contribution >= 0.6 is 0 Å². The Morgan fingerprint density at radius 1 is 1.43 bits per heavy atom. The number of nitrogens with zero attached hydrogens (tertiary/aromatic N) is 1. The molecule has 1 aliphatic rings. The molecule has 2 rings (SSSR count). The first-order valence-corrected chi connectivity index (χ1v) is 4.91. The van der Waals surface area contributed by atoms with Crippen LogP contribution in [0.15, 0.2) is 24.3 Å². The Balaban J connectivity index is 2.13. The number of anilines is 1. The van der Waals surface area contributed by atoms with Crippen molar-refractivity contribution in [2.45, 2.75) is 6.42 Å². The summed E-state index contributed by atoms with van der Waals surface area (Å²) in [5.74, 6) is 0.126. The van der Waals surface area contributed by atoms with Crippen LogP contribution in [-0.4, -0.2) is 24.8 Å². The summed E-state index contributed by atoms with van der Waals surface area (Å²) in [7, 11) is 0. The predicted molar refractivity (Wildman–Crippen MR) is 53.8 cm³/mol. The molecule has 1 fully saturated rings. The molecule has 1 aromatic rings. The molecular weight excluding hydrogens is 181 g/mol. The lowest BCUT2D eigenvalue weighted by atomic mass is 10.1. The van der Waals surface area contributed by atoms with Gasteiger partial charge in [0, 0.05) is 25.6 Å². The minimum absolute atomic E-state index is 0.175. The average Bonchev–Trinajstić information content (AvgIpc) is 2.67. The molecule has 3 heteroatoms. The van der Waals surface area contributed by atoms with Gasteiger partial charge >= 0.3 is 0 Å². The van der Waals surface area contributed by atoms with Crippen LogP contribution in [0, 0.1) is 11.7 Å². The molecule has 1 aromatic carbocycles. The summed E-state index contributed by atoms with van der Waals surface area (Å²) in [6, 6.07) is 6.79. The van der Waals surface area contributed by atoms with E-state index in [0.29, 0.717) is 11.6 Å². The van der Waals surface area contributed by atoms with Gasteiger partial charge in [-0.1, -0.05) is 12.1 Å². The summed E-state index contributed by atoms with van der Waals surface area (Å²) in [5.41, 5.74) is 0.656. The van der Waals surface area contributed by atoms with E-state index in [9.17, 15) is 4.39 Å². The van der Waals surface area contributed by atoms with Gasteiger partial charge in [-0.05, 0) is 18.6 Å². The van der Waals surface area contributed by atoms with Crippen LogP contribution in [-0.2, 0) is 0 Å². The summed E-state index contributed by atoms with van der Waals surface area (Å²) >= 11 is 0. The van der Waals surface area contributed by atoms with Crippen molar-refractivity contribution in [2.24, 2.45) is 5.92 Å². The fourth-order valence-corrected chi connectivity index (χ4v) is 1.91. The minimum atomic E-state index is -0.175. The molecule has 0 bridgehead atoms. The zero-order valence-electron chi connectivity index (χ0n) is 7.99. The third kappa shape index (κ3) is 1.73. The summed E-state index contributed by atoms with van der Waals surface area (Å²) in [6.07, 6.45) is 0.949. The van der Waals surface area contributed by atoms with Crippen molar-refractivity contribution in [1.29, 1.82) is 0 Å². The first-order valence-electron chi connectivity index (χ1n) is 4.91. The van der Waals surface area contributed by atoms with Crippen molar-refractivity contribution < 1.29 is 9.50 Å². The van der Waals surface area contributed by atoms with Gasteiger partial charge in [-0.2, -0.15) is 0 Å². The molecule has 0 spiro atoms. The van der Waals surface area contributed by atoms with Crippen LogP contribution in [0.1, 0.15) is 6.42 Å². The van der Waals surface area contributed by atoms with Crippen LogP contribution in [0.4, 0.5) is 10.1 Å². The van der Waals surface area contributed by atoms with Gasteiger partial charge in [-0.25, -0.2) is 4.39 Å². The monoisotopic (exact) mass is 195 g/mol. The van der Waals surface area contributed by atoms with E-state index in [1.165, 1.54) is 6.07 Å². The third-order valence-corrected chi connectivity index (χ3v) is 2.74. The highest BCUT2D eigenvalue weighted by Crippen LogP contribution is 2.25. The Labute approximate surface area is 83.0 Å². The number of halogens is 1. The van der Waals surface area contributed by atoms with E-state index in [0.717, 1.165) is 19.5 Å². The van der Waals surface area contributed by atoms with Crippen LogP contribution < -0.4 is 4.90 Å². The molecule has 0 aromatic heterocycles. The molecule has 14 heavy (non-hydrogen) atoms. The number of para-hydroxylation sites is 1. The van der Waals surface area contributed by atoms with Crippen molar-refractivity contribution >= 4 is 5.69 Å². The second-order valence-corrected chi connectivity index (χ2v) is 3.73. The van der Waals surface area contributed by atoms with Gasteiger partial charge < -0.3 is 10.0 Å². The molecule has 0 saturated carbocycles. The number of rotatable bonds is 2. The molecule has 1 N–H and O–H groups in total. The van der Waals surface area contributed by atoms with E-state index < -0.39 is 0 Å². The van der Waals surface area contributed by atoms with Gasteiger partial charge in [0.2, 0.25) is 0 Å². The number of aliphatic hydroxyl groups excluding tert-OH is 1. The fraction of sp³-hybridized carbons (Fsp3) is 0.455. The molecule has 0 unspecified atom stereocenters. The zero-order valence-corrected chi connectivity index (χ0v) is 7.99. The largest absolute Gasteiger partial charge is 0.396 e. The van der Waals surface area contributed by atoms with Gasteiger partial charge in [0.15, 0.2) is 0 Å². The molecule has 76 valence electrons. The van der Waals surface area contributed by atoms with E-state index >= 15 is 0 Å². The first kappa shape index (κ1) is 9.46. The van der Waals surface area contributed by atoms with Crippen LogP contribution in [0.25, 0.3) is 0 Å². The lowest BCUT2D eigenvalue weighted by molar-refractivity contribution is 0.238. The lowest BCUT2D eigenvalue weighted by Gasteiger charge is -2.18. The molecule has 1 atom stereocenters. The normalized spacial score (nSPS) is 21.6. The number of aliphatic hydroxyl groups is 1. The van der Waals surface area contributed by atoms with Gasteiger partial charge in [0.05, 0.1) is 5.69 Å². The van der Waals surface area contributed by atoms with Crippen molar-refractivity contribution in [3.8, 4) is 0 Å². The molecule has 2 nitrogen and oxygen atoms in total. The van der Waals surface area contributed by atoms with Crippen molar-refractivity contribution in [1.82, 2.24) is 0 Å². The lowest BCUT2D eigenvalue weighted by Crippen LogP contribution is -2.21. The number of hydrogen-bond acceptors (Lipinski definition) is 2. The van der Waals surface area contributed by atoms with E-state index in [-0.39, 0.29) is 12.4 Å².